The summed E-state index contributed by atoms with van der Waals surface area (Å²) in [6, 6.07) is 13.7. The third kappa shape index (κ3) is 5.10. The summed E-state index contributed by atoms with van der Waals surface area (Å²) in [6.45, 7) is 7.91. The van der Waals surface area contributed by atoms with Gasteiger partial charge in [-0.15, -0.1) is 22.7 Å². The lowest BCUT2D eigenvalue weighted by atomic mass is 10.1. The van der Waals surface area contributed by atoms with E-state index in [-0.39, 0.29) is 18.2 Å². The van der Waals surface area contributed by atoms with Gasteiger partial charge in [0.2, 0.25) is 0 Å². The van der Waals surface area contributed by atoms with Crippen molar-refractivity contribution in [3.63, 3.8) is 0 Å². The molecule has 4 rings (SSSR count). The molecule has 0 radical (unpaired) electrons. The highest BCUT2D eigenvalue weighted by molar-refractivity contribution is 7.18. The molecule has 176 valence electrons. The van der Waals surface area contributed by atoms with Crippen LogP contribution < -0.4 is 4.90 Å². The molecule has 0 aliphatic rings. The number of aromatic nitrogens is 2. The van der Waals surface area contributed by atoms with Gasteiger partial charge < -0.3 is 9.15 Å². The van der Waals surface area contributed by atoms with Gasteiger partial charge in [-0.25, -0.2) is 14.8 Å². The molecule has 0 spiro atoms. The van der Waals surface area contributed by atoms with Crippen molar-refractivity contribution in [3.8, 4) is 10.8 Å². The van der Waals surface area contributed by atoms with E-state index in [4.69, 9.17) is 9.15 Å². The van der Waals surface area contributed by atoms with Gasteiger partial charge in [0.25, 0.3) is 5.91 Å². The second kappa shape index (κ2) is 10.3. The van der Waals surface area contributed by atoms with E-state index in [1.165, 1.54) is 22.7 Å². The fourth-order valence-electron chi connectivity index (χ4n) is 3.43. The molecule has 0 unspecified atom stereocenters. The molecular weight excluding hydrogens is 470 g/mol. The van der Waals surface area contributed by atoms with E-state index >= 15 is 0 Å². The summed E-state index contributed by atoms with van der Waals surface area (Å²) < 4.78 is 10.8. The van der Waals surface area contributed by atoms with Gasteiger partial charge in [-0.1, -0.05) is 30.3 Å². The van der Waals surface area contributed by atoms with Gasteiger partial charge in [-0.05, 0) is 51.8 Å². The van der Waals surface area contributed by atoms with Crippen LogP contribution in [0.5, 0.6) is 0 Å². The van der Waals surface area contributed by atoms with Crippen molar-refractivity contribution in [2.75, 3.05) is 18.1 Å². The largest absolute Gasteiger partial charge is 0.461 e. The summed E-state index contributed by atoms with van der Waals surface area (Å²) in [4.78, 5) is 38.0. The lowest BCUT2D eigenvalue weighted by molar-refractivity contribution is 0.0519. The van der Waals surface area contributed by atoms with E-state index in [9.17, 15) is 9.59 Å². The SMILES string of the molecule is CCOC(=O)c1nc(N(CCc2ccccc2)C(=O)c2sc(-c3ccc(C)o3)nc2C)sc1C. The average Bonchev–Trinajstić information content (AvgIpc) is 3.53. The Kier molecular flexibility index (Phi) is 7.23. The number of benzene rings is 1. The first-order valence-corrected chi connectivity index (χ1v) is 12.5. The number of esters is 1. The highest BCUT2D eigenvalue weighted by atomic mass is 32.1. The quantitative estimate of drug-likeness (QED) is 0.285. The second-order valence-corrected chi connectivity index (χ2v) is 9.84. The summed E-state index contributed by atoms with van der Waals surface area (Å²) in [5.41, 5.74) is 1.97. The summed E-state index contributed by atoms with van der Waals surface area (Å²) in [7, 11) is 0. The van der Waals surface area contributed by atoms with Gasteiger partial charge in [-0.3, -0.25) is 9.69 Å². The number of hydrogen-bond acceptors (Lipinski definition) is 8. The number of carbonyl (C=O) groups is 2. The molecule has 1 amide bonds. The molecule has 0 saturated carbocycles. The van der Waals surface area contributed by atoms with E-state index in [1.54, 1.807) is 11.8 Å². The standard InChI is InChI=1S/C25H25N3O4S2/c1-5-31-24(30)20-17(4)33-25(27-20)28(14-13-18-9-7-6-8-10-18)23(29)21-16(3)26-22(34-21)19-12-11-15(2)32-19/h6-12H,5,13-14H2,1-4H3. The molecule has 34 heavy (non-hydrogen) atoms. The maximum atomic E-state index is 13.8. The van der Waals surface area contributed by atoms with Gasteiger partial charge in [0.1, 0.15) is 10.6 Å². The molecule has 3 heterocycles. The molecule has 0 fully saturated rings. The van der Waals surface area contributed by atoms with Gasteiger partial charge in [0.05, 0.1) is 12.3 Å². The minimum Gasteiger partial charge on any atom is -0.461 e. The van der Waals surface area contributed by atoms with Crippen molar-refractivity contribution in [3.05, 3.63) is 74.9 Å². The molecule has 1 aromatic carbocycles. The Hall–Kier alpha value is -3.30. The number of anilines is 1. The van der Waals surface area contributed by atoms with E-state index in [0.717, 1.165) is 11.3 Å². The summed E-state index contributed by atoms with van der Waals surface area (Å²) in [5, 5.41) is 1.11. The second-order valence-electron chi connectivity index (χ2n) is 7.66. The van der Waals surface area contributed by atoms with E-state index in [1.807, 2.05) is 63.2 Å². The first-order chi connectivity index (χ1) is 16.4. The minimum absolute atomic E-state index is 0.204. The van der Waals surface area contributed by atoms with Crippen LogP contribution in [0.2, 0.25) is 0 Å². The summed E-state index contributed by atoms with van der Waals surface area (Å²) in [5.74, 6) is 0.729. The van der Waals surface area contributed by atoms with Crippen LogP contribution in [0.15, 0.2) is 46.9 Å². The molecule has 0 bridgehead atoms. The van der Waals surface area contributed by atoms with Gasteiger partial charge in [-0.2, -0.15) is 0 Å². The number of ether oxygens (including phenoxy) is 1. The molecule has 3 aromatic heterocycles. The molecule has 0 aliphatic carbocycles. The molecule has 9 heteroatoms. The fraction of sp³-hybridized carbons (Fsp3) is 0.280. The molecular formula is C25H25N3O4S2. The normalized spacial score (nSPS) is 10.9. The van der Waals surface area contributed by atoms with Crippen LogP contribution in [-0.4, -0.2) is 35.0 Å². The smallest absolute Gasteiger partial charge is 0.358 e. The maximum Gasteiger partial charge on any atom is 0.358 e. The Labute approximate surface area is 206 Å². The minimum atomic E-state index is -0.484. The molecule has 4 aromatic rings. The van der Waals surface area contributed by atoms with Crippen molar-refractivity contribution >= 4 is 39.7 Å². The topological polar surface area (TPSA) is 85.5 Å². The number of nitrogens with zero attached hydrogens (tertiary/aromatic N) is 3. The Morgan fingerprint density at radius 2 is 1.79 bits per heavy atom. The number of amides is 1. The number of aryl methyl sites for hydroxylation is 3. The average molecular weight is 496 g/mol. The van der Waals surface area contributed by atoms with Crippen LogP contribution in [0.3, 0.4) is 0 Å². The lowest BCUT2D eigenvalue weighted by Gasteiger charge is -2.19. The van der Waals surface area contributed by atoms with E-state index < -0.39 is 5.97 Å². The van der Waals surface area contributed by atoms with Crippen LogP contribution in [0.25, 0.3) is 10.8 Å². The number of hydrogen-bond donors (Lipinski definition) is 0. The number of rotatable bonds is 8. The molecule has 7 nitrogen and oxygen atoms in total. The van der Waals surface area contributed by atoms with E-state index in [2.05, 4.69) is 9.97 Å². The Balaban J connectivity index is 1.68. The molecule has 0 aliphatic heterocycles. The van der Waals surface area contributed by atoms with Crippen LogP contribution in [0.4, 0.5) is 5.13 Å². The molecule has 0 atom stereocenters. The summed E-state index contributed by atoms with van der Waals surface area (Å²) in [6.07, 6.45) is 0.641. The zero-order valence-electron chi connectivity index (χ0n) is 19.5. The third-order valence-electron chi connectivity index (χ3n) is 5.14. The summed E-state index contributed by atoms with van der Waals surface area (Å²) >= 11 is 2.60. The Morgan fingerprint density at radius 1 is 1.03 bits per heavy atom. The first-order valence-electron chi connectivity index (χ1n) is 10.9. The Bertz CT molecular complexity index is 1310. The number of thiazole rings is 2. The molecule has 0 saturated heterocycles. The highest BCUT2D eigenvalue weighted by Gasteiger charge is 2.28. The van der Waals surface area contributed by atoms with Crippen LogP contribution in [0, 0.1) is 20.8 Å². The van der Waals surface area contributed by atoms with Crippen molar-refractivity contribution in [1.29, 1.82) is 0 Å². The Morgan fingerprint density at radius 3 is 2.47 bits per heavy atom. The van der Waals surface area contributed by atoms with Gasteiger partial charge in [0, 0.05) is 11.4 Å². The van der Waals surface area contributed by atoms with Crippen molar-refractivity contribution in [1.82, 2.24) is 9.97 Å². The van der Waals surface area contributed by atoms with E-state index in [0.29, 0.717) is 44.3 Å². The van der Waals surface area contributed by atoms with Crippen molar-refractivity contribution in [2.24, 2.45) is 0 Å². The monoisotopic (exact) mass is 495 g/mol. The lowest BCUT2D eigenvalue weighted by Crippen LogP contribution is -2.33. The van der Waals surface area contributed by atoms with Gasteiger partial charge in [0.15, 0.2) is 21.6 Å². The zero-order chi connectivity index (χ0) is 24.2. The van der Waals surface area contributed by atoms with Crippen LogP contribution >= 0.6 is 22.7 Å². The fourth-order valence-corrected chi connectivity index (χ4v) is 5.33. The number of furan rings is 1. The predicted octanol–water partition coefficient (Wildman–Crippen LogP) is 5.85. The zero-order valence-corrected chi connectivity index (χ0v) is 21.1. The van der Waals surface area contributed by atoms with Crippen molar-refractivity contribution < 1.29 is 18.7 Å². The van der Waals surface area contributed by atoms with Crippen molar-refractivity contribution in [2.45, 2.75) is 34.1 Å². The van der Waals surface area contributed by atoms with Gasteiger partial charge >= 0.3 is 5.97 Å². The maximum absolute atomic E-state index is 13.8. The van der Waals surface area contributed by atoms with Crippen LogP contribution in [0.1, 0.15) is 49.0 Å². The highest BCUT2D eigenvalue weighted by Crippen LogP contribution is 2.33. The molecule has 0 N–H and O–H groups in total. The first kappa shape index (κ1) is 23.8. The third-order valence-corrected chi connectivity index (χ3v) is 7.29. The van der Waals surface area contributed by atoms with Crippen LogP contribution in [-0.2, 0) is 11.2 Å². The predicted molar refractivity (Wildman–Crippen MR) is 134 cm³/mol. The number of carbonyl (C=O) groups excluding carboxylic acids is 2.